The molecule has 10 heteroatoms. The largest absolute Gasteiger partial charge is 0.491 e. The Kier molecular flexibility index (Phi) is 4.35. The van der Waals surface area contributed by atoms with Crippen LogP contribution in [-0.4, -0.2) is 32.7 Å². The maximum Gasteiger partial charge on any atom is 0.272 e. The Morgan fingerprint density at radius 2 is 1.97 bits per heavy atom. The molecule has 0 aliphatic heterocycles. The van der Waals surface area contributed by atoms with Gasteiger partial charge >= 0.3 is 0 Å². The van der Waals surface area contributed by atoms with Gasteiger partial charge in [0, 0.05) is 46.7 Å². The fourth-order valence-electron chi connectivity index (χ4n) is 4.72. The van der Waals surface area contributed by atoms with E-state index in [2.05, 4.69) is 20.2 Å². The number of nitrogen functional groups attached to an aromatic ring is 1. The minimum absolute atomic E-state index is 0.0468. The maximum absolute atomic E-state index is 14.3. The monoisotopic (exact) mass is 465 g/mol. The number of nitrogens with zero attached hydrogens (tertiary/aromatic N) is 2. The summed E-state index contributed by atoms with van der Waals surface area (Å²) in [5, 5.41) is 8.19. The molecule has 0 spiro atoms. The lowest BCUT2D eigenvalue weighted by Gasteiger charge is -2.34. The SMILES string of the molecule is Nc1c(-c2ccc(F)c3[nH]ncc23)c2cc(OCC3CC(F)(F)C3)c3ncccc3c2[nH]c1=O. The van der Waals surface area contributed by atoms with Crippen LogP contribution in [0, 0.1) is 11.7 Å². The van der Waals surface area contributed by atoms with E-state index in [1.54, 1.807) is 30.5 Å². The predicted octanol–water partition coefficient (Wildman–Crippen LogP) is 4.77. The molecule has 172 valence electrons. The molecule has 0 atom stereocenters. The zero-order valence-electron chi connectivity index (χ0n) is 17.7. The van der Waals surface area contributed by atoms with E-state index >= 15 is 0 Å². The second-order valence-corrected chi connectivity index (χ2v) is 8.63. The number of nitrogens with two attached hydrogens (primary N) is 1. The number of fused-ring (bicyclic) bond motifs is 4. The van der Waals surface area contributed by atoms with Crippen LogP contribution in [0.3, 0.4) is 0 Å². The third-order valence-corrected chi connectivity index (χ3v) is 6.36. The number of nitrogens with one attached hydrogen (secondary N) is 2. The second kappa shape index (κ2) is 7.21. The van der Waals surface area contributed by atoms with Gasteiger partial charge < -0.3 is 15.5 Å². The highest BCUT2D eigenvalue weighted by Gasteiger charge is 2.45. The normalized spacial score (nSPS) is 15.7. The van der Waals surface area contributed by atoms with Crippen molar-refractivity contribution >= 4 is 38.4 Å². The summed E-state index contributed by atoms with van der Waals surface area (Å²) in [4.78, 5) is 20.0. The molecule has 0 saturated heterocycles. The molecule has 5 aromatic rings. The highest BCUT2D eigenvalue weighted by molar-refractivity contribution is 6.15. The molecule has 0 unspecified atom stereocenters. The Morgan fingerprint density at radius 3 is 2.76 bits per heavy atom. The van der Waals surface area contributed by atoms with Crippen molar-refractivity contribution in [3.05, 3.63) is 58.9 Å². The average Bonchev–Trinajstić information content (AvgIpc) is 3.29. The Bertz CT molecular complexity index is 1650. The average molecular weight is 465 g/mol. The van der Waals surface area contributed by atoms with Gasteiger partial charge in [0.15, 0.2) is 0 Å². The van der Waals surface area contributed by atoms with Gasteiger partial charge in [-0.1, -0.05) is 6.07 Å². The number of aromatic nitrogens is 4. The first-order valence-electron chi connectivity index (χ1n) is 10.7. The Morgan fingerprint density at radius 1 is 1.15 bits per heavy atom. The summed E-state index contributed by atoms with van der Waals surface area (Å²) >= 11 is 0. The van der Waals surface area contributed by atoms with Crippen LogP contribution in [0.5, 0.6) is 5.75 Å². The van der Waals surface area contributed by atoms with E-state index in [4.69, 9.17) is 10.5 Å². The van der Waals surface area contributed by atoms with Crippen LogP contribution in [0.4, 0.5) is 18.9 Å². The van der Waals surface area contributed by atoms with Gasteiger partial charge in [-0.05, 0) is 29.8 Å². The smallest absolute Gasteiger partial charge is 0.272 e. The van der Waals surface area contributed by atoms with Crippen LogP contribution in [0.2, 0.25) is 0 Å². The van der Waals surface area contributed by atoms with Gasteiger partial charge in [0.1, 0.15) is 28.3 Å². The van der Waals surface area contributed by atoms with Crippen LogP contribution >= 0.6 is 0 Å². The number of anilines is 1. The van der Waals surface area contributed by atoms with Crippen molar-refractivity contribution in [3.8, 4) is 16.9 Å². The third-order valence-electron chi connectivity index (χ3n) is 6.36. The van der Waals surface area contributed by atoms with Crippen LogP contribution < -0.4 is 16.0 Å². The van der Waals surface area contributed by atoms with Gasteiger partial charge in [-0.3, -0.25) is 14.9 Å². The van der Waals surface area contributed by atoms with Crippen molar-refractivity contribution in [1.29, 1.82) is 0 Å². The molecule has 1 fully saturated rings. The van der Waals surface area contributed by atoms with Crippen molar-refractivity contribution in [2.75, 3.05) is 12.3 Å². The lowest BCUT2D eigenvalue weighted by molar-refractivity contribution is -0.118. The Balaban J connectivity index is 1.60. The predicted molar refractivity (Wildman–Crippen MR) is 122 cm³/mol. The molecule has 0 amide bonds. The standard InChI is InChI=1S/C24H18F3N5O2/c25-16-4-3-12(15-9-30-32-21(15)16)18-14-6-17(34-10-11-7-24(26,27)8-11)22-13(2-1-5-29-22)20(14)31-23(33)19(18)28/h1-6,9,11H,7-8,10,28H2,(H,30,32)(H,31,33). The number of alkyl halides is 2. The van der Waals surface area contributed by atoms with Crippen LogP contribution in [-0.2, 0) is 0 Å². The number of benzene rings is 2. The molecule has 4 N–H and O–H groups in total. The van der Waals surface area contributed by atoms with E-state index in [0.29, 0.717) is 44.1 Å². The molecule has 1 aliphatic rings. The Hall–Kier alpha value is -4.08. The summed E-state index contributed by atoms with van der Waals surface area (Å²) in [5.41, 5.74) is 7.78. The first-order valence-corrected chi connectivity index (χ1v) is 10.7. The molecule has 3 heterocycles. The lowest BCUT2D eigenvalue weighted by atomic mass is 9.82. The number of rotatable bonds is 4. The number of H-pyrrole nitrogens is 2. The molecule has 1 aliphatic carbocycles. The summed E-state index contributed by atoms with van der Waals surface area (Å²) in [6.07, 6.45) is 2.62. The van der Waals surface area contributed by atoms with Gasteiger partial charge in [0.25, 0.3) is 5.56 Å². The number of hydrogen-bond acceptors (Lipinski definition) is 5. The van der Waals surface area contributed by atoms with Crippen molar-refractivity contribution in [2.24, 2.45) is 5.92 Å². The molecular formula is C24H18F3N5O2. The minimum atomic E-state index is -2.64. The van der Waals surface area contributed by atoms with Crippen LogP contribution in [0.25, 0.3) is 43.8 Å². The summed E-state index contributed by atoms with van der Waals surface area (Å²) in [6, 6.07) is 8.02. The van der Waals surface area contributed by atoms with Crippen molar-refractivity contribution in [2.45, 2.75) is 18.8 Å². The summed E-state index contributed by atoms with van der Waals surface area (Å²) in [7, 11) is 0. The van der Waals surface area contributed by atoms with Crippen molar-refractivity contribution in [3.63, 3.8) is 0 Å². The zero-order chi connectivity index (χ0) is 23.6. The van der Waals surface area contributed by atoms with Gasteiger partial charge in [-0.2, -0.15) is 5.10 Å². The van der Waals surface area contributed by atoms with E-state index in [9.17, 15) is 18.0 Å². The highest BCUT2D eigenvalue weighted by Crippen LogP contribution is 2.44. The van der Waals surface area contributed by atoms with Gasteiger partial charge in [-0.25, -0.2) is 13.2 Å². The molecule has 1 saturated carbocycles. The van der Waals surface area contributed by atoms with E-state index in [1.807, 2.05) is 0 Å². The quantitative estimate of drug-likeness (QED) is 0.332. The van der Waals surface area contributed by atoms with Crippen molar-refractivity contribution < 1.29 is 17.9 Å². The summed E-state index contributed by atoms with van der Waals surface area (Å²) < 4.78 is 46.8. The molecule has 6 rings (SSSR count). The fraction of sp³-hybridized carbons (Fsp3) is 0.208. The number of aromatic amines is 2. The van der Waals surface area contributed by atoms with E-state index in [1.165, 1.54) is 12.3 Å². The third kappa shape index (κ3) is 3.09. The van der Waals surface area contributed by atoms with E-state index in [-0.39, 0.29) is 36.6 Å². The van der Waals surface area contributed by atoms with Crippen LogP contribution in [0.1, 0.15) is 12.8 Å². The van der Waals surface area contributed by atoms with Crippen molar-refractivity contribution in [1.82, 2.24) is 20.2 Å². The molecule has 0 radical (unpaired) electrons. The Labute approximate surface area is 189 Å². The van der Waals surface area contributed by atoms with E-state index in [0.717, 1.165) is 0 Å². The van der Waals surface area contributed by atoms with Gasteiger partial charge in [0.05, 0.1) is 18.3 Å². The second-order valence-electron chi connectivity index (χ2n) is 8.63. The maximum atomic E-state index is 14.3. The molecule has 2 aromatic carbocycles. The van der Waals surface area contributed by atoms with Gasteiger partial charge in [-0.15, -0.1) is 0 Å². The molecule has 7 nitrogen and oxygen atoms in total. The molecular weight excluding hydrogens is 447 g/mol. The summed E-state index contributed by atoms with van der Waals surface area (Å²) in [6.45, 7) is 0.115. The first kappa shape index (κ1) is 20.5. The summed E-state index contributed by atoms with van der Waals surface area (Å²) in [5.74, 6) is -3.00. The molecule has 3 aromatic heterocycles. The minimum Gasteiger partial charge on any atom is -0.491 e. The molecule has 34 heavy (non-hydrogen) atoms. The van der Waals surface area contributed by atoms with E-state index < -0.39 is 17.3 Å². The first-order chi connectivity index (χ1) is 16.3. The zero-order valence-corrected chi connectivity index (χ0v) is 17.7. The number of ether oxygens (including phenoxy) is 1. The fourth-order valence-corrected chi connectivity index (χ4v) is 4.72. The number of halogens is 3. The topological polar surface area (TPSA) is 110 Å². The highest BCUT2D eigenvalue weighted by atomic mass is 19.3. The van der Waals surface area contributed by atoms with Gasteiger partial charge in [0.2, 0.25) is 5.92 Å². The lowest BCUT2D eigenvalue weighted by Crippen LogP contribution is -2.38. The number of pyridine rings is 2. The van der Waals surface area contributed by atoms with Crippen LogP contribution in [0.15, 0.2) is 47.5 Å². The number of hydrogen-bond donors (Lipinski definition) is 3. The molecule has 0 bridgehead atoms.